The van der Waals surface area contributed by atoms with Crippen LogP contribution in [0.1, 0.15) is 116 Å². The number of ether oxygens (including phenoxy) is 1. The molecule has 0 aliphatic rings. The van der Waals surface area contributed by atoms with Gasteiger partial charge >= 0.3 is 0 Å². The predicted molar refractivity (Wildman–Crippen MR) is 168 cm³/mol. The summed E-state index contributed by atoms with van der Waals surface area (Å²) < 4.78 is 5.59. The summed E-state index contributed by atoms with van der Waals surface area (Å²) in [5.74, 6) is 35.6. The maximum Gasteiger partial charge on any atom is 0.0471 e. The second-order valence-electron chi connectivity index (χ2n) is 13.5. The van der Waals surface area contributed by atoms with E-state index in [-0.39, 0.29) is 0 Å². The Morgan fingerprint density at radius 1 is 0.368 bits per heavy atom. The summed E-state index contributed by atoms with van der Waals surface area (Å²) in [6.07, 6.45) is 3.59. The van der Waals surface area contributed by atoms with E-state index in [1.54, 1.807) is 13.8 Å². The first-order chi connectivity index (χ1) is 17.3. The molecule has 0 aromatic carbocycles. The van der Waals surface area contributed by atoms with E-state index in [2.05, 4.69) is 166 Å². The van der Waals surface area contributed by atoms with Crippen molar-refractivity contribution < 1.29 is 4.74 Å². The van der Waals surface area contributed by atoms with E-state index >= 15 is 0 Å². The minimum Gasteiger partial charge on any atom is -0.381 e. The maximum absolute atomic E-state index is 5.59. The van der Waals surface area contributed by atoms with Crippen LogP contribution >= 0.6 is 0 Å². The zero-order valence-corrected chi connectivity index (χ0v) is 26.9. The molecule has 0 aliphatic carbocycles. The lowest BCUT2D eigenvalue weighted by Gasteiger charge is -2.28. The number of rotatable bonds is 4. The van der Waals surface area contributed by atoms with Gasteiger partial charge in [0.15, 0.2) is 0 Å². The molecule has 1 nitrogen and oxygen atoms in total. The Morgan fingerprint density at radius 2 is 0.605 bits per heavy atom. The highest BCUT2D eigenvalue weighted by Crippen LogP contribution is 2.31. The first-order valence-corrected chi connectivity index (χ1v) is 13.2. The normalized spacial score (nSPS) is 9.53. The summed E-state index contributed by atoms with van der Waals surface area (Å²) >= 11 is 0. The average Bonchev–Trinajstić information content (AvgIpc) is 2.71. The second kappa shape index (κ2) is 21.9. The Kier molecular flexibility index (Phi) is 22.7. The van der Waals surface area contributed by atoms with Crippen LogP contribution in [0.15, 0.2) is 0 Å². The molecule has 0 unspecified atom stereocenters. The van der Waals surface area contributed by atoms with E-state index in [1.165, 1.54) is 6.42 Å². The van der Waals surface area contributed by atoms with E-state index < -0.39 is 0 Å². The molecule has 1 heteroatoms. The molecule has 0 N–H and O–H groups in total. The smallest absolute Gasteiger partial charge is 0.0471 e. The van der Waals surface area contributed by atoms with Crippen molar-refractivity contribution in [1.29, 1.82) is 0 Å². The maximum atomic E-state index is 5.59. The third-order valence-corrected chi connectivity index (χ3v) is 3.99. The molecular formula is C37H52O. The Bertz CT molecular complexity index is 997. The molecule has 0 aromatic heterocycles. The fourth-order valence-electron chi connectivity index (χ4n) is 2.89. The molecule has 0 radical (unpaired) electrons. The highest BCUT2D eigenvalue weighted by molar-refractivity contribution is 5.45. The van der Waals surface area contributed by atoms with Gasteiger partial charge in [-0.2, -0.15) is 0 Å². The van der Waals surface area contributed by atoms with Crippen LogP contribution in [0.2, 0.25) is 0 Å². The van der Waals surface area contributed by atoms with Crippen molar-refractivity contribution in [1.82, 2.24) is 0 Å². The number of hydrogen-bond donors (Lipinski definition) is 0. The molecule has 0 saturated heterocycles. The summed E-state index contributed by atoms with van der Waals surface area (Å²) in [6.45, 7) is 32.5. The zero-order valence-electron chi connectivity index (χ0n) is 26.9. The average molecular weight is 513 g/mol. The molecule has 0 heterocycles. The van der Waals surface area contributed by atoms with Crippen molar-refractivity contribution in [3.05, 3.63) is 0 Å². The van der Waals surface area contributed by atoms with E-state index in [9.17, 15) is 0 Å². The Morgan fingerprint density at radius 3 is 0.763 bits per heavy atom. The van der Waals surface area contributed by atoms with Crippen LogP contribution in [-0.2, 0) is 4.74 Å². The van der Waals surface area contributed by atoms with Gasteiger partial charge in [0.2, 0.25) is 0 Å². The topological polar surface area (TPSA) is 9.23 Å². The molecule has 206 valence electrons. The Hall–Kier alpha value is -3.12. The lowest BCUT2D eigenvalue weighted by molar-refractivity contribution is 0.0881. The van der Waals surface area contributed by atoms with Gasteiger partial charge in [-0.1, -0.05) is 94.9 Å². The lowest BCUT2D eigenvalue weighted by atomic mass is 9.78. The Labute approximate surface area is 238 Å². The van der Waals surface area contributed by atoms with Crippen LogP contribution < -0.4 is 0 Å². The molecule has 0 aliphatic heterocycles. The molecule has 0 bridgehead atoms. The monoisotopic (exact) mass is 512 g/mol. The van der Waals surface area contributed by atoms with Gasteiger partial charge in [-0.05, 0) is 126 Å². The minimum atomic E-state index is 0.404. The molecule has 0 fully saturated rings. The van der Waals surface area contributed by atoms with E-state index in [0.717, 1.165) is 26.1 Å². The summed E-state index contributed by atoms with van der Waals surface area (Å²) in [4.78, 5) is 0. The quantitative estimate of drug-likeness (QED) is 0.271. The molecule has 0 aromatic rings. The van der Waals surface area contributed by atoms with Gasteiger partial charge in [0.1, 0.15) is 0 Å². The van der Waals surface area contributed by atoms with Crippen LogP contribution in [0, 0.1) is 105 Å². The summed E-state index contributed by atoms with van der Waals surface area (Å²) in [7, 11) is 0. The van der Waals surface area contributed by atoms with Gasteiger partial charge in [-0.25, -0.2) is 0 Å². The van der Waals surface area contributed by atoms with Crippen LogP contribution in [0.25, 0.3) is 0 Å². The molecule has 38 heavy (non-hydrogen) atoms. The van der Waals surface area contributed by atoms with Crippen molar-refractivity contribution in [2.75, 3.05) is 13.2 Å². The van der Waals surface area contributed by atoms with Crippen LogP contribution in [0.3, 0.4) is 0 Å². The predicted octanol–water partition coefficient (Wildman–Crippen LogP) is 8.39. The van der Waals surface area contributed by atoms with Crippen LogP contribution in [-0.4, -0.2) is 13.2 Å². The van der Waals surface area contributed by atoms with Crippen molar-refractivity contribution >= 4 is 0 Å². The van der Waals surface area contributed by atoms with Crippen LogP contribution in [0.5, 0.6) is 0 Å². The lowest BCUT2D eigenvalue weighted by Crippen LogP contribution is -2.16. The Balaban J connectivity index is -0.000000503. The summed E-state index contributed by atoms with van der Waals surface area (Å²) in [5.41, 5.74) is 1.78. The first kappa shape index (κ1) is 39.4. The fraction of sp³-hybridized carbons (Fsp3) is 0.622. The fourth-order valence-corrected chi connectivity index (χ4v) is 2.89. The summed E-state index contributed by atoms with van der Waals surface area (Å²) in [6, 6.07) is 0. The first-order valence-electron chi connectivity index (χ1n) is 13.2. The molecule has 0 saturated carbocycles. The van der Waals surface area contributed by atoms with Crippen molar-refractivity contribution in [3.8, 4) is 82.9 Å². The number of hydrogen-bond acceptors (Lipinski definition) is 1. The highest BCUT2D eigenvalue weighted by Gasteiger charge is 2.20. The molecular weight excluding hydrogens is 460 g/mol. The van der Waals surface area contributed by atoms with Gasteiger partial charge in [0.05, 0.1) is 0 Å². The minimum absolute atomic E-state index is 0.404. The standard InChI is InChI=1S/C16H6.C12H26O.C9H20/c1-3-5-7-9-11-13-15-16-14-12-10-8-6-4-2;1-11(2,3)7-9-13-10-8-12(4,5)6;1-8(2,3)7-9(4,5)6/h1-2H3;7-10H2,1-6H3;7H2,1-6H3. The highest BCUT2D eigenvalue weighted by atomic mass is 16.5. The third kappa shape index (κ3) is 49.9. The largest absolute Gasteiger partial charge is 0.381 e. The van der Waals surface area contributed by atoms with E-state index in [1.807, 2.05) is 0 Å². The van der Waals surface area contributed by atoms with Gasteiger partial charge in [-0.15, -0.1) is 0 Å². The van der Waals surface area contributed by atoms with Gasteiger partial charge < -0.3 is 4.74 Å². The third-order valence-electron chi connectivity index (χ3n) is 3.99. The van der Waals surface area contributed by atoms with E-state index in [0.29, 0.717) is 21.7 Å². The molecule has 0 spiro atoms. The SMILES string of the molecule is CC#CC#CC#CC#CC#CC#CC#CC.CC(C)(C)CC(C)(C)C.CC(C)(C)CCOCCC(C)(C)C. The van der Waals surface area contributed by atoms with Crippen LogP contribution in [0.4, 0.5) is 0 Å². The molecule has 0 amide bonds. The summed E-state index contributed by atoms with van der Waals surface area (Å²) in [5, 5.41) is 0. The van der Waals surface area contributed by atoms with Gasteiger partial charge in [-0.3, -0.25) is 0 Å². The van der Waals surface area contributed by atoms with Crippen molar-refractivity contribution in [2.24, 2.45) is 21.7 Å². The zero-order chi connectivity index (χ0) is 30.1. The molecule has 0 rings (SSSR count). The van der Waals surface area contributed by atoms with Gasteiger partial charge in [0, 0.05) is 13.2 Å². The molecule has 0 atom stereocenters. The second-order valence-corrected chi connectivity index (χ2v) is 13.5. The van der Waals surface area contributed by atoms with E-state index in [4.69, 9.17) is 4.74 Å². The van der Waals surface area contributed by atoms with Crippen molar-refractivity contribution in [2.45, 2.75) is 116 Å². The van der Waals surface area contributed by atoms with Gasteiger partial charge in [0.25, 0.3) is 0 Å². The van der Waals surface area contributed by atoms with Crippen molar-refractivity contribution in [3.63, 3.8) is 0 Å².